The lowest BCUT2D eigenvalue weighted by Crippen LogP contribution is -2.40. The van der Waals surface area contributed by atoms with E-state index in [0.29, 0.717) is 12.2 Å². The number of amides is 2. The van der Waals surface area contributed by atoms with Crippen LogP contribution in [0.1, 0.15) is 17.9 Å². The van der Waals surface area contributed by atoms with Crippen LogP contribution in [0.4, 0.5) is 5.69 Å². The number of hydrogen-bond acceptors (Lipinski definition) is 6. The molecule has 1 atom stereocenters. The zero-order valence-electron chi connectivity index (χ0n) is 14.0. The molecule has 0 aliphatic carbocycles. The van der Waals surface area contributed by atoms with Crippen LogP contribution < -0.4 is 9.62 Å². The molecule has 0 bridgehead atoms. The van der Waals surface area contributed by atoms with Crippen molar-refractivity contribution in [2.24, 2.45) is 5.92 Å². The van der Waals surface area contributed by atoms with Crippen LogP contribution in [0, 0.1) is 19.8 Å². The molecule has 1 N–H and O–H groups in total. The maximum atomic E-state index is 12.6. The highest BCUT2D eigenvalue weighted by Gasteiger charge is 2.40. The van der Waals surface area contributed by atoms with Gasteiger partial charge in [-0.25, -0.2) is 13.1 Å². The number of benzene rings is 1. The van der Waals surface area contributed by atoms with E-state index < -0.39 is 27.8 Å². The van der Waals surface area contributed by atoms with Crippen molar-refractivity contribution in [3.05, 3.63) is 40.2 Å². The van der Waals surface area contributed by atoms with Crippen LogP contribution in [0.3, 0.4) is 0 Å². The van der Waals surface area contributed by atoms with E-state index in [0.717, 1.165) is 4.47 Å². The van der Waals surface area contributed by atoms with Crippen molar-refractivity contribution in [3.8, 4) is 0 Å². The molecule has 3 rings (SSSR count). The first kappa shape index (κ1) is 18.6. The molecule has 1 unspecified atom stereocenters. The molecule has 1 fully saturated rings. The fourth-order valence-corrected chi connectivity index (χ4v) is 4.80. The maximum absolute atomic E-state index is 12.6. The van der Waals surface area contributed by atoms with Gasteiger partial charge in [0.15, 0.2) is 10.7 Å². The Bertz CT molecular complexity index is 966. The van der Waals surface area contributed by atoms with E-state index in [9.17, 15) is 18.0 Å². The first-order valence-corrected chi connectivity index (χ1v) is 10.1. The number of aromatic nitrogens is 1. The molecule has 1 aromatic carbocycles. The zero-order chi connectivity index (χ0) is 19.1. The third-order valence-electron chi connectivity index (χ3n) is 4.14. The van der Waals surface area contributed by atoms with Gasteiger partial charge in [0.1, 0.15) is 11.6 Å². The number of rotatable bonds is 4. The second-order valence-corrected chi connectivity index (χ2v) is 8.38. The summed E-state index contributed by atoms with van der Waals surface area (Å²) in [6.45, 7) is 3.23. The van der Waals surface area contributed by atoms with Crippen molar-refractivity contribution in [2.75, 3.05) is 11.4 Å². The van der Waals surface area contributed by atoms with Gasteiger partial charge in [0, 0.05) is 11.0 Å². The van der Waals surface area contributed by atoms with Gasteiger partial charge in [-0.1, -0.05) is 17.3 Å². The first-order chi connectivity index (χ1) is 12.2. The van der Waals surface area contributed by atoms with Crippen molar-refractivity contribution in [3.63, 3.8) is 0 Å². The Morgan fingerprint density at radius 2 is 2.04 bits per heavy atom. The highest BCUT2D eigenvalue weighted by atomic mass is 79.9. The molecule has 2 amide bonds. The normalized spacial score (nSPS) is 17.6. The minimum atomic E-state index is -4.16. The number of carbonyl (C=O) groups excluding carboxylic acids is 2. The summed E-state index contributed by atoms with van der Waals surface area (Å²) in [5, 5.41) is 3.58. The van der Waals surface area contributed by atoms with Crippen molar-refractivity contribution in [1.82, 2.24) is 9.88 Å². The monoisotopic (exact) mass is 441 g/mol. The highest BCUT2D eigenvalue weighted by Crippen LogP contribution is 2.31. The average molecular weight is 442 g/mol. The van der Waals surface area contributed by atoms with Gasteiger partial charge in [0.05, 0.1) is 5.69 Å². The maximum Gasteiger partial charge on any atom is 0.269 e. The molecular formula is C16H16BrN3O5S. The van der Waals surface area contributed by atoms with Crippen LogP contribution in [0.25, 0.3) is 0 Å². The van der Waals surface area contributed by atoms with Crippen LogP contribution in [-0.2, 0) is 19.6 Å². The molecule has 0 spiro atoms. The second kappa shape index (κ2) is 6.84. The van der Waals surface area contributed by atoms with Crippen LogP contribution in [0.5, 0.6) is 0 Å². The number of halogens is 1. The van der Waals surface area contributed by atoms with Gasteiger partial charge in [-0.15, -0.1) is 0 Å². The van der Waals surface area contributed by atoms with E-state index in [1.54, 1.807) is 18.2 Å². The molecule has 138 valence electrons. The summed E-state index contributed by atoms with van der Waals surface area (Å²) in [7, 11) is -4.16. The topological polar surface area (TPSA) is 110 Å². The molecular weight excluding hydrogens is 426 g/mol. The standard InChI is InChI=1S/C16H16BrN3O5S/c1-9-14(10(2)25-18-9)26(23,24)19-15(21)11-7-8-20(16(11)22)13-6-4-3-5-12(13)17/h3-6,11H,7-8H2,1-2H3,(H,19,21). The summed E-state index contributed by atoms with van der Waals surface area (Å²) in [5.74, 6) is -2.29. The minimum absolute atomic E-state index is 0.0791. The smallest absolute Gasteiger partial charge is 0.269 e. The number of para-hydroxylation sites is 1. The van der Waals surface area contributed by atoms with Crippen molar-refractivity contribution in [2.45, 2.75) is 25.2 Å². The highest BCUT2D eigenvalue weighted by molar-refractivity contribution is 9.10. The lowest BCUT2D eigenvalue weighted by molar-refractivity contribution is -0.130. The first-order valence-electron chi connectivity index (χ1n) is 7.78. The van der Waals surface area contributed by atoms with Gasteiger partial charge in [-0.2, -0.15) is 0 Å². The summed E-state index contributed by atoms with van der Waals surface area (Å²) in [6.07, 6.45) is 0.225. The predicted octanol–water partition coefficient (Wildman–Crippen LogP) is 1.91. The zero-order valence-corrected chi connectivity index (χ0v) is 16.4. The number of nitrogens with zero attached hydrogens (tertiary/aromatic N) is 2. The van der Waals surface area contributed by atoms with E-state index in [1.165, 1.54) is 18.7 Å². The molecule has 26 heavy (non-hydrogen) atoms. The lowest BCUT2D eigenvalue weighted by atomic mass is 10.1. The fraction of sp³-hybridized carbons (Fsp3) is 0.312. The van der Waals surface area contributed by atoms with Crippen LogP contribution in [0.15, 0.2) is 38.2 Å². The third-order valence-corrected chi connectivity index (χ3v) is 6.40. The molecule has 1 aromatic heterocycles. The van der Waals surface area contributed by atoms with E-state index in [4.69, 9.17) is 4.52 Å². The molecule has 2 heterocycles. The molecule has 10 heteroatoms. The number of sulfonamides is 1. The Morgan fingerprint density at radius 1 is 1.35 bits per heavy atom. The largest absolute Gasteiger partial charge is 0.360 e. The quantitative estimate of drug-likeness (QED) is 0.725. The third kappa shape index (κ3) is 3.26. The van der Waals surface area contributed by atoms with Gasteiger partial charge in [0.2, 0.25) is 11.8 Å². The van der Waals surface area contributed by atoms with Gasteiger partial charge < -0.3 is 9.42 Å². The Hall–Kier alpha value is -2.20. The summed E-state index contributed by atoms with van der Waals surface area (Å²) in [5.41, 5.74) is 0.789. The molecule has 2 aromatic rings. The van der Waals surface area contributed by atoms with Crippen molar-refractivity contribution < 1.29 is 22.5 Å². The summed E-state index contributed by atoms with van der Waals surface area (Å²) >= 11 is 3.37. The molecule has 1 saturated heterocycles. The summed E-state index contributed by atoms with van der Waals surface area (Å²) < 4.78 is 32.4. The minimum Gasteiger partial charge on any atom is -0.360 e. The number of aryl methyl sites for hydroxylation is 2. The van der Waals surface area contributed by atoms with Crippen molar-refractivity contribution in [1.29, 1.82) is 0 Å². The molecule has 0 saturated carbocycles. The van der Waals surface area contributed by atoms with Gasteiger partial charge in [-0.05, 0) is 48.3 Å². The average Bonchev–Trinajstić information content (AvgIpc) is 3.10. The van der Waals surface area contributed by atoms with Crippen molar-refractivity contribution >= 4 is 43.5 Å². The Labute approximate surface area is 158 Å². The second-order valence-electron chi connectivity index (χ2n) is 5.91. The van der Waals surface area contributed by atoms with E-state index in [2.05, 4.69) is 21.1 Å². The lowest BCUT2D eigenvalue weighted by Gasteiger charge is -2.18. The van der Waals surface area contributed by atoms with Gasteiger partial charge in [0.25, 0.3) is 10.0 Å². The van der Waals surface area contributed by atoms with Crippen LogP contribution >= 0.6 is 15.9 Å². The number of carbonyl (C=O) groups is 2. The van der Waals surface area contributed by atoms with E-state index in [1.807, 2.05) is 10.8 Å². The molecule has 1 aliphatic heterocycles. The molecule has 1 aliphatic rings. The molecule has 0 radical (unpaired) electrons. The molecule has 8 nitrogen and oxygen atoms in total. The summed E-state index contributed by atoms with van der Waals surface area (Å²) in [6, 6.07) is 7.14. The Balaban J connectivity index is 1.79. The van der Waals surface area contributed by atoms with Crippen LogP contribution in [-0.4, -0.2) is 31.9 Å². The number of nitrogens with one attached hydrogen (secondary N) is 1. The van der Waals surface area contributed by atoms with Crippen LogP contribution in [0.2, 0.25) is 0 Å². The number of hydrogen-bond donors (Lipinski definition) is 1. The van der Waals surface area contributed by atoms with E-state index in [-0.39, 0.29) is 22.8 Å². The predicted molar refractivity (Wildman–Crippen MR) is 95.9 cm³/mol. The Morgan fingerprint density at radius 3 is 2.65 bits per heavy atom. The summed E-state index contributed by atoms with van der Waals surface area (Å²) in [4.78, 5) is 26.4. The number of anilines is 1. The van der Waals surface area contributed by atoms with Gasteiger partial charge in [-0.3, -0.25) is 9.59 Å². The van der Waals surface area contributed by atoms with E-state index >= 15 is 0 Å². The van der Waals surface area contributed by atoms with Gasteiger partial charge >= 0.3 is 0 Å². The Kier molecular flexibility index (Phi) is 4.89. The fourth-order valence-electron chi connectivity index (χ4n) is 2.95. The SMILES string of the molecule is Cc1noc(C)c1S(=O)(=O)NC(=O)C1CCN(c2ccccc2Br)C1=O.